The lowest BCUT2D eigenvalue weighted by molar-refractivity contribution is 0.0670. The zero-order valence-corrected chi connectivity index (χ0v) is 10.5. The van der Waals surface area contributed by atoms with E-state index >= 15 is 0 Å². The molecular weight excluding hydrogens is 214 g/mol. The molecule has 0 bridgehead atoms. The molecule has 3 nitrogen and oxygen atoms in total. The van der Waals surface area contributed by atoms with Crippen molar-refractivity contribution in [3.8, 4) is 0 Å². The molecule has 17 heavy (non-hydrogen) atoms. The van der Waals surface area contributed by atoms with Crippen LogP contribution in [0.5, 0.6) is 0 Å². The Hall–Kier alpha value is -1.32. The maximum Gasteiger partial charge on any atom is 0.0701 e. The van der Waals surface area contributed by atoms with Gasteiger partial charge in [0.05, 0.1) is 19.8 Å². The molecular formula is C14H19NO2. The Balaban J connectivity index is 1.96. The molecule has 0 N–H and O–H groups in total. The van der Waals surface area contributed by atoms with Crippen LogP contribution in [-0.4, -0.2) is 31.5 Å². The van der Waals surface area contributed by atoms with E-state index in [0.29, 0.717) is 13.2 Å². The highest BCUT2D eigenvalue weighted by molar-refractivity contribution is 5.80. The summed E-state index contributed by atoms with van der Waals surface area (Å²) in [6, 6.07) is 8.66. The molecule has 0 spiro atoms. The second-order valence-corrected chi connectivity index (χ2v) is 4.18. The van der Waals surface area contributed by atoms with Crippen molar-refractivity contribution >= 4 is 10.9 Å². The van der Waals surface area contributed by atoms with Gasteiger partial charge in [-0.25, -0.2) is 0 Å². The first-order valence-electron chi connectivity index (χ1n) is 5.93. The second kappa shape index (κ2) is 5.84. The molecule has 2 rings (SSSR count). The topological polar surface area (TPSA) is 23.4 Å². The van der Waals surface area contributed by atoms with E-state index in [1.165, 1.54) is 16.5 Å². The van der Waals surface area contributed by atoms with E-state index in [1.54, 1.807) is 7.11 Å². The molecule has 0 saturated carbocycles. The molecule has 0 amide bonds. The van der Waals surface area contributed by atoms with Gasteiger partial charge in [0.2, 0.25) is 0 Å². The number of rotatable bonds is 6. The summed E-state index contributed by atoms with van der Waals surface area (Å²) in [6.45, 7) is 5.05. The number of aryl methyl sites for hydroxylation is 1. The first-order valence-corrected chi connectivity index (χ1v) is 5.93. The van der Waals surface area contributed by atoms with Gasteiger partial charge in [0.1, 0.15) is 0 Å². The minimum atomic E-state index is 0.658. The summed E-state index contributed by atoms with van der Waals surface area (Å²) < 4.78 is 12.6. The monoisotopic (exact) mass is 233 g/mol. The normalized spacial score (nSPS) is 11.2. The summed E-state index contributed by atoms with van der Waals surface area (Å²) in [5.41, 5.74) is 2.57. The lowest BCUT2D eigenvalue weighted by Crippen LogP contribution is -2.08. The quantitative estimate of drug-likeness (QED) is 0.716. The van der Waals surface area contributed by atoms with Gasteiger partial charge < -0.3 is 14.0 Å². The molecule has 1 aromatic heterocycles. The molecule has 0 aliphatic carbocycles. The van der Waals surface area contributed by atoms with Crippen LogP contribution >= 0.6 is 0 Å². The Labute approximate surface area is 102 Å². The van der Waals surface area contributed by atoms with Gasteiger partial charge in [-0.3, -0.25) is 0 Å². The largest absolute Gasteiger partial charge is 0.382 e. The third-order valence-electron chi connectivity index (χ3n) is 2.84. The SMILES string of the molecule is COCCOCCn1ccc2ccc(C)cc21. The van der Waals surface area contributed by atoms with Crippen LogP contribution in [0.15, 0.2) is 30.5 Å². The minimum Gasteiger partial charge on any atom is -0.382 e. The van der Waals surface area contributed by atoms with Gasteiger partial charge >= 0.3 is 0 Å². The number of nitrogens with zero attached hydrogens (tertiary/aromatic N) is 1. The minimum absolute atomic E-state index is 0.658. The van der Waals surface area contributed by atoms with Crippen molar-refractivity contribution in [1.82, 2.24) is 4.57 Å². The number of benzene rings is 1. The molecule has 3 heteroatoms. The molecule has 0 atom stereocenters. The van der Waals surface area contributed by atoms with Gasteiger partial charge in [-0.1, -0.05) is 12.1 Å². The fourth-order valence-corrected chi connectivity index (χ4v) is 1.90. The highest BCUT2D eigenvalue weighted by Gasteiger charge is 2.00. The number of fused-ring (bicyclic) bond motifs is 1. The average molecular weight is 233 g/mol. The van der Waals surface area contributed by atoms with Crippen molar-refractivity contribution in [3.63, 3.8) is 0 Å². The summed E-state index contributed by atoms with van der Waals surface area (Å²) in [5, 5.41) is 1.28. The van der Waals surface area contributed by atoms with Crippen molar-refractivity contribution in [2.24, 2.45) is 0 Å². The Morgan fingerprint density at radius 1 is 1.12 bits per heavy atom. The van der Waals surface area contributed by atoms with Crippen LogP contribution < -0.4 is 0 Å². The van der Waals surface area contributed by atoms with Crippen molar-refractivity contribution in [2.75, 3.05) is 26.9 Å². The fraction of sp³-hybridized carbons (Fsp3) is 0.429. The van der Waals surface area contributed by atoms with E-state index in [0.717, 1.165) is 13.2 Å². The van der Waals surface area contributed by atoms with Crippen molar-refractivity contribution in [1.29, 1.82) is 0 Å². The van der Waals surface area contributed by atoms with Crippen LogP contribution in [0.3, 0.4) is 0 Å². The highest BCUT2D eigenvalue weighted by Crippen LogP contribution is 2.17. The summed E-state index contributed by atoms with van der Waals surface area (Å²) in [7, 11) is 1.69. The van der Waals surface area contributed by atoms with Crippen LogP contribution in [0.2, 0.25) is 0 Å². The van der Waals surface area contributed by atoms with Gasteiger partial charge in [0, 0.05) is 25.4 Å². The summed E-state index contributed by atoms with van der Waals surface area (Å²) in [4.78, 5) is 0. The van der Waals surface area contributed by atoms with Crippen LogP contribution in [0, 0.1) is 6.92 Å². The van der Waals surface area contributed by atoms with Crippen LogP contribution in [0.4, 0.5) is 0 Å². The Morgan fingerprint density at radius 3 is 2.82 bits per heavy atom. The standard InChI is InChI=1S/C14H19NO2/c1-12-3-4-13-5-6-15(14(13)11-12)7-8-17-10-9-16-2/h3-6,11H,7-10H2,1-2H3. The molecule has 0 aliphatic heterocycles. The molecule has 0 radical (unpaired) electrons. The molecule has 1 aromatic carbocycles. The molecule has 2 aromatic rings. The Kier molecular flexibility index (Phi) is 4.18. The fourth-order valence-electron chi connectivity index (χ4n) is 1.90. The second-order valence-electron chi connectivity index (χ2n) is 4.18. The first-order chi connectivity index (χ1) is 8.31. The van der Waals surface area contributed by atoms with Gasteiger partial charge in [-0.15, -0.1) is 0 Å². The number of hydrogen-bond donors (Lipinski definition) is 0. The van der Waals surface area contributed by atoms with E-state index in [-0.39, 0.29) is 0 Å². The average Bonchev–Trinajstić information content (AvgIpc) is 2.72. The smallest absolute Gasteiger partial charge is 0.0701 e. The highest BCUT2D eigenvalue weighted by atomic mass is 16.5. The first kappa shape index (κ1) is 12.1. The van der Waals surface area contributed by atoms with E-state index in [2.05, 4.69) is 42.0 Å². The lowest BCUT2D eigenvalue weighted by Gasteiger charge is -2.07. The number of methoxy groups -OCH3 is 1. The van der Waals surface area contributed by atoms with Gasteiger partial charge in [-0.05, 0) is 30.0 Å². The summed E-state index contributed by atoms with van der Waals surface area (Å²) in [6.07, 6.45) is 2.11. The van der Waals surface area contributed by atoms with Crippen molar-refractivity contribution < 1.29 is 9.47 Å². The number of aromatic nitrogens is 1. The maximum atomic E-state index is 5.48. The third-order valence-corrected chi connectivity index (χ3v) is 2.84. The van der Waals surface area contributed by atoms with Crippen molar-refractivity contribution in [2.45, 2.75) is 13.5 Å². The molecule has 92 valence electrons. The van der Waals surface area contributed by atoms with Crippen LogP contribution in [0.1, 0.15) is 5.56 Å². The molecule has 0 unspecified atom stereocenters. The summed E-state index contributed by atoms with van der Waals surface area (Å²) >= 11 is 0. The molecule has 0 saturated heterocycles. The zero-order valence-electron chi connectivity index (χ0n) is 10.5. The maximum absolute atomic E-state index is 5.48. The van der Waals surface area contributed by atoms with E-state index in [1.807, 2.05) is 0 Å². The molecule has 0 aliphatic rings. The number of ether oxygens (including phenoxy) is 2. The molecule has 0 fully saturated rings. The van der Waals surface area contributed by atoms with Crippen LogP contribution in [0.25, 0.3) is 10.9 Å². The van der Waals surface area contributed by atoms with Gasteiger partial charge in [0.15, 0.2) is 0 Å². The van der Waals surface area contributed by atoms with E-state index < -0.39 is 0 Å². The Bertz CT molecular complexity index is 476. The third kappa shape index (κ3) is 3.08. The predicted octanol–water partition coefficient (Wildman–Crippen LogP) is 2.61. The zero-order chi connectivity index (χ0) is 12.1. The van der Waals surface area contributed by atoms with Gasteiger partial charge in [-0.2, -0.15) is 0 Å². The van der Waals surface area contributed by atoms with E-state index in [9.17, 15) is 0 Å². The van der Waals surface area contributed by atoms with Crippen molar-refractivity contribution in [3.05, 3.63) is 36.0 Å². The van der Waals surface area contributed by atoms with E-state index in [4.69, 9.17) is 9.47 Å². The Morgan fingerprint density at radius 2 is 2.00 bits per heavy atom. The van der Waals surface area contributed by atoms with Crippen LogP contribution in [-0.2, 0) is 16.0 Å². The summed E-state index contributed by atoms with van der Waals surface area (Å²) in [5.74, 6) is 0. The predicted molar refractivity (Wildman–Crippen MR) is 69.4 cm³/mol. The lowest BCUT2D eigenvalue weighted by atomic mass is 10.2. The molecule has 1 heterocycles. The van der Waals surface area contributed by atoms with Gasteiger partial charge in [0.25, 0.3) is 0 Å². The number of hydrogen-bond acceptors (Lipinski definition) is 2.